The third kappa shape index (κ3) is 3.81. The molecular weight excluding hydrogens is 302 g/mol. The lowest BCUT2D eigenvalue weighted by Crippen LogP contribution is -2.25. The Morgan fingerprint density at radius 3 is 2.83 bits per heavy atom. The predicted molar refractivity (Wildman–Crippen MR) is 93.4 cm³/mol. The summed E-state index contributed by atoms with van der Waals surface area (Å²) in [6.07, 6.45) is 6.31. The fourth-order valence-electron chi connectivity index (χ4n) is 2.37. The number of pyridine rings is 1. The monoisotopic (exact) mass is 321 g/mol. The summed E-state index contributed by atoms with van der Waals surface area (Å²) in [4.78, 5) is 16.6. The Bertz CT molecular complexity index is 804. The van der Waals surface area contributed by atoms with E-state index < -0.39 is 0 Å². The lowest BCUT2D eigenvalue weighted by Gasteiger charge is -2.06. The Balaban J connectivity index is 1.52. The quantitative estimate of drug-likeness (QED) is 0.681. The summed E-state index contributed by atoms with van der Waals surface area (Å²) in [5.74, 6) is 0.616. The molecule has 5 nitrogen and oxygen atoms in total. The van der Waals surface area contributed by atoms with Crippen molar-refractivity contribution in [2.45, 2.75) is 6.42 Å². The smallest absolute Gasteiger partial charge is 0.251 e. The van der Waals surface area contributed by atoms with Gasteiger partial charge in [-0.05, 0) is 36.4 Å². The third-order valence-corrected chi connectivity index (χ3v) is 3.56. The van der Waals surface area contributed by atoms with E-state index in [0.29, 0.717) is 25.1 Å². The number of aromatic nitrogens is 2. The minimum Gasteiger partial charge on any atom is -0.490 e. The van der Waals surface area contributed by atoms with Gasteiger partial charge in [-0.3, -0.25) is 4.79 Å². The second-order valence-electron chi connectivity index (χ2n) is 5.33. The van der Waals surface area contributed by atoms with Crippen LogP contribution in [0.4, 0.5) is 0 Å². The van der Waals surface area contributed by atoms with E-state index in [0.717, 1.165) is 17.1 Å². The van der Waals surface area contributed by atoms with Crippen LogP contribution in [0.2, 0.25) is 0 Å². The van der Waals surface area contributed by atoms with E-state index >= 15 is 0 Å². The first-order valence-electron chi connectivity index (χ1n) is 7.81. The van der Waals surface area contributed by atoms with Gasteiger partial charge in [-0.25, -0.2) is 4.98 Å². The molecule has 0 saturated carbocycles. The van der Waals surface area contributed by atoms with Crippen molar-refractivity contribution in [3.05, 3.63) is 78.8 Å². The van der Waals surface area contributed by atoms with E-state index in [9.17, 15) is 4.79 Å². The van der Waals surface area contributed by atoms with Crippen LogP contribution in [0, 0.1) is 0 Å². The average Bonchev–Trinajstić information content (AvgIpc) is 3.03. The molecule has 0 fully saturated rings. The molecule has 0 atom stereocenters. The van der Waals surface area contributed by atoms with Gasteiger partial charge in [0.1, 0.15) is 18.0 Å². The third-order valence-electron chi connectivity index (χ3n) is 3.56. The molecule has 0 bridgehead atoms. The summed E-state index contributed by atoms with van der Waals surface area (Å²) in [6.45, 7) is 4.59. The molecule has 3 aromatic rings. The molecule has 0 aliphatic heterocycles. The van der Waals surface area contributed by atoms with Crippen LogP contribution in [0.5, 0.6) is 5.75 Å². The maximum absolute atomic E-state index is 12.1. The molecule has 0 unspecified atom stereocenters. The van der Waals surface area contributed by atoms with Crippen LogP contribution < -0.4 is 10.1 Å². The summed E-state index contributed by atoms with van der Waals surface area (Å²) < 4.78 is 7.37. The van der Waals surface area contributed by atoms with Gasteiger partial charge in [0, 0.05) is 30.9 Å². The minimum atomic E-state index is -0.103. The molecule has 2 heterocycles. The van der Waals surface area contributed by atoms with Gasteiger partial charge in [0.2, 0.25) is 0 Å². The molecular formula is C19H19N3O2. The van der Waals surface area contributed by atoms with Gasteiger partial charge in [-0.1, -0.05) is 18.7 Å². The van der Waals surface area contributed by atoms with Crippen molar-refractivity contribution < 1.29 is 9.53 Å². The number of imidazole rings is 1. The van der Waals surface area contributed by atoms with E-state index in [1.165, 1.54) is 0 Å². The first-order valence-corrected chi connectivity index (χ1v) is 7.81. The maximum Gasteiger partial charge on any atom is 0.251 e. The van der Waals surface area contributed by atoms with Crippen molar-refractivity contribution in [2.24, 2.45) is 0 Å². The summed E-state index contributed by atoms with van der Waals surface area (Å²) in [5.41, 5.74) is 2.47. The second kappa shape index (κ2) is 7.46. The molecule has 0 aliphatic carbocycles. The predicted octanol–water partition coefficient (Wildman–Crippen LogP) is 2.87. The van der Waals surface area contributed by atoms with Crippen molar-refractivity contribution in [2.75, 3.05) is 13.2 Å². The number of rotatable bonds is 7. The van der Waals surface area contributed by atoms with E-state index in [1.54, 1.807) is 30.3 Å². The Morgan fingerprint density at radius 2 is 2.08 bits per heavy atom. The Labute approximate surface area is 140 Å². The van der Waals surface area contributed by atoms with Crippen LogP contribution in [0.1, 0.15) is 16.1 Å². The topological polar surface area (TPSA) is 55.6 Å². The Hall–Kier alpha value is -3.08. The van der Waals surface area contributed by atoms with Gasteiger partial charge in [-0.2, -0.15) is 0 Å². The number of ether oxygens (including phenoxy) is 1. The molecule has 0 saturated heterocycles. The molecule has 24 heavy (non-hydrogen) atoms. The lowest BCUT2D eigenvalue weighted by atomic mass is 10.2. The highest BCUT2D eigenvalue weighted by molar-refractivity contribution is 5.94. The van der Waals surface area contributed by atoms with Crippen LogP contribution in [-0.2, 0) is 6.42 Å². The number of fused-ring (bicyclic) bond motifs is 1. The molecule has 0 radical (unpaired) electrons. The normalized spacial score (nSPS) is 10.5. The number of hydrogen-bond donors (Lipinski definition) is 1. The van der Waals surface area contributed by atoms with E-state index in [2.05, 4.69) is 16.9 Å². The zero-order valence-electron chi connectivity index (χ0n) is 13.3. The number of carbonyl (C=O) groups is 1. The SMILES string of the molecule is C=CCOc1ccc(C(=O)NCCc2cn3ccccc3n2)cc1. The standard InChI is InChI=1S/C19H19N3O2/c1-2-13-24-17-8-6-15(7-9-17)19(23)20-11-10-16-14-22-12-4-3-5-18(22)21-16/h2-9,12,14H,1,10-11,13H2,(H,20,23). The molecule has 1 N–H and O–H groups in total. The highest BCUT2D eigenvalue weighted by Gasteiger charge is 2.06. The molecule has 122 valence electrons. The number of nitrogens with one attached hydrogen (secondary N) is 1. The van der Waals surface area contributed by atoms with Crippen molar-refractivity contribution >= 4 is 11.6 Å². The maximum atomic E-state index is 12.1. The molecule has 2 aromatic heterocycles. The molecule has 0 aliphatic rings. The first kappa shape index (κ1) is 15.8. The highest BCUT2D eigenvalue weighted by atomic mass is 16.5. The second-order valence-corrected chi connectivity index (χ2v) is 5.33. The number of nitrogens with zero attached hydrogens (tertiary/aromatic N) is 2. The van der Waals surface area contributed by atoms with Gasteiger partial charge in [0.05, 0.1) is 5.69 Å². The number of hydrogen-bond acceptors (Lipinski definition) is 3. The van der Waals surface area contributed by atoms with Crippen molar-refractivity contribution in [3.8, 4) is 5.75 Å². The van der Waals surface area contributed by atoms with Gasteiger partial charge >= 0.3 is 0 Å². The Morgan fingerprint density at radius 1 is 1.25 bits per heavy atom. The van der Waals surface area contributed by atoms with Crippen LogP contribution in [-0.4, -0.2) is 28.4 Å². The molecule has 1 amide bonds. The zero-order valence-corrected chi connectivity index (χ0v) is 13.3. The minimum absolute atomic E-state index is 0.103. The van der Waals surface area contributed by atoms with E-state index in [1.807, 2.05) is 35.0 Å². The van der Waals surface area contributed by atoms with E-state index in [4.69, 9.17) is 4.74 Å². The molecule has 0 spiro atoms. The highest BCUT2D eigenvalue weighted by Crippen LogP contribution is 2.12. The first-order chi connectivity index (χ1) is 11.8. The van der Waals surface area contributed by atoms with Crippen molar-refractivity contribution in [3.63, 3.8) is 0 Å². The Kier molecular flexibility index (Phi) is 4.91. The number of amides is 1. The van der Waals surface area contributed by atoms with E-state index in [-0.39, 0.29) is 5.91 Å². The van der Waals surface area contributed by atoms with Crippen LogP contribution in [0.25, 0.3) is 5.65 Å². The van der Waals surface area contributed by atoms with Crippen molar-refractivity contribution in [1.82, 2.24) is 14.7 Å². The summed E-state index contributed by atoms with van der Waals surface area (Å²) in [7, 11) is 0. The van der Waals surface area contributed by atoms with Crippen LogP contribution >= 0.6 is 0 Å². The van der Waals surface area contributed by atoms with Gasteiger partial charge in [-0.15, -0.1) is 0 Å². The number of benzene rings is 1. The summed E-state index contributed by atoms with van der Waals surface area (Å²) in [5, 5.41) is 2.91. The molecule has 1 aromatic carbocycles. The summed E-state index contributed by atoms with van der Waals surface area (Å²) in [6, 6.07) is 12.9. The fourth-order valence-corrected chi connectivity index (χ4v) is 2.37. The van der Waals surface area contributed by atoms with Crippen LogP contribution in [0.3, 0.4) is 0 Å². The summed E-state index contributed by atoms with van der Waals surface area (Å²) >= 11 is 0. The van der Waals surface area contributed by atoms with Gasteiger partial charge < -0.3 is 14.5 Å². The molecule has 5 heteroatoms. The van der Waals surface area contributed by atoms with Gasteiger partial charge in [0.15, 0.2) is 0 Å². The zero-order chi connectivity index (χ0) is 16.8. The molecule has 3 rings (SSSR count). The fraction of sp³-hybridized carbons (Fsp3) is 0.158. The van der Waals surface area contributed by atoms with Gasteiger partial charge in [0.25, 0.3) is 5.91 Å². The lowest BCUT2D eigenvalue weighted by molar-refractivity contribution is 0.0954. The largest absolute Gasteiger partial charge is 0.490 e. The average molecular weight is 321 g/mol. The number of carbonyl (C=O) groups excluding carboxylic acids is 1. The van der Waals surface area contributed by atoms with Crippen LogP contribution in [0.15, 0.2) is 67.5 Å². The van der Waals surface area contributed by atoms with Crippen molar-refractivity contribution in [1.29, 1.82) is 0 Å².